The average molecular weight is 389 g/mol. The van der Waals surface area contributed by atoms with Gasteiger partial charge in [0, 0.05) is 5.69 Å². The van der Waals surface area contributed by atoms with E-state index in [0.717, 1.165) is 6.42 Å². The molecule has 2 aromatic rings. The molecular weight excluding hydrogens is 375 g/mol. The van der Waals surface area contributed by atoms with Crippen LogP contribution in [0.25, 0.3) is 0 Å². The van der Waals surface area contributed by atoms with Gasteiger partial charge in [-0.1, -0.05) is 30.1 Å². The maximum absolute atomic E-state index is 12.3. The number of rotatable bonds is 6. The molecule has 1 N–H and O–H groups in total. The van der Waals surface area contributed by atoms with E-state index in [0.29, 0.717) is 12.2 Å². The molecule has 0 aliphatic carbocycles. The van der Waals surface area contributed by atoms with Gasteiger partial charge in [0.1, 0.15) is 10.0 Å². The molecule has 0 amide bonds. The van der Waals surface area contributed by atoms with Crippen molar-refractivity contribution in [2.75, 3.05) is 11.3 Å². The third-order valence-corrected chi connectivity index (χ3v) is 4.90. The van der Waals surface area contributed by atoms with Crippen molar-refractivity contribution in [1.82, 2.24) is 4.98 Å². The fourth-order valence-electron chi connectivity index (χ4n) is 1.76. The van der Waals surface area contributed by atoms with Crippen LogP contribution in [0.1, 0.15) is 23.7 Å². The van der Waals surface area contributed by atoms with Crippen LogP contribution < -0.4 is 4.72 Å². The van der Waals surface area contributed by atoms with Gasteiger partial charge >= 0.3 is 5.97 Å². The van der Waals surface area contributed by atoms with Gasteiger partial charge in [-0.05, 0) is 42.8 Å². The van der Waals surface area contributed by atoms with E-state index in [9.17, 15) is 13.2 Å². The second-order valence-corrected chi connectivity index (χ2v) is 7.14. The molecule has 0 aliphatic heterocycles. The molecule has 0 fully saturated rings. The van der Waals surface area contributed by atoms with Gasteiger partial charge in [0.2, 0.25) is 0 Å². The SMILES string of the molecule is CCCOC(=O)c1ccc(NS(=O)(=O)c2ccc(Cl)nc2Cl)cc1. The van der Waals surface area contributed by atoms with Crippen LogP contribution in [0.4, 0.5) is 5.69 Å². The lowest BCUT2D eigenvalue weighted by atomic mass is 10.2. The fraction of sp³-hybridized carbons (Fsp3) is 0.200. The van der Waals surface area contributed by atoms with Crippen molar-refractivity contribution in [3.8, 4) is 0 Å². The minimum Gasteiger partial charge on any atom is -0.462 e. The minimum atomic E-state index is -3.93. The molecular formula is C15H14Cl2N2O4S. The molecule has 0 unspecified atom stereocenters. The van der Waals surface area contributed by atoms with Gasteiger partial charge in [0.25, 0.3) is 10.0 Å². The molecule has 128 valence electrons. The molecule has 0 aliphatic rings. The molecule has 1 heterocycles. The third-order valence-electron chi connectivity index (χ3n) is 2.88. The predicted octanol–water partition coefficient (Wildman–Crippen LogP) is 3.76. The van der Waals surface area contributed by atoms with Crippen molar-refractivity contribution in [2.24, 2.45) is 0 Å². The Morgan fingerprint density at radius 1 is 1.17 bits per heavy atom. The topological polar surface area (TPSA) is 85.4 Å². The number of hydrogen-bond acceptors (Lipinski definition) is 5. The maximum Gasteiger partial charge on any atom is 0.338 e. The lowest BCUT2D eigenvalue weighted by molar-refractivity contribution is 0.0505. The van der Waals surface area contributed by atoms with E-state index in [4.69, 9.17) is 27.9 Å². The summed E-state index contributed by atoms with van der Waals surface area (Å²) < 4.78 is 32.0. The Kier molecular flexibility index (Phi) is 6.04. The number of nitrogens with one attached hydrogen (secondary N) is 1. The zero-order valence-electron chi connectivity index (χ0n) is 12.6. The Bertz CT molecular complexity index is 839. The first-order valence-electron chi connectivity index (χ1n) is 6.95. The lowest BCUT2D eigenvalue weighted by Crippen LogP contribution is -2.14. The zero-order chi connectivity index (χ0) is 17.7. The molecule has 0 radical (unpaired) electrons. The first-order chi connectivity index (χ1) is 11.3. The Hall–Kier alpha value is -1.83. The van der Waals surface area contributed by atoms with Gasteiger partial charge in [0.15, 0.2) is 5.15 Å². The quantitative estimate of drug-likeness (QED) is 0.601. The summed E-state index contributed by atoms with van der Waals surface area (Å²) in [4.78, 5) is 15.2. The first kappa shape index (κ1) is 18.5. The number of aromatic nitrogens is 1. The minimum absolute atomic E-state index is 0.0916. The Morgan fingerprint density at radius 2 is 1.83 bits per heavy atom. The number of anilines is 1. The molecule has 0 atom stereocenters. The third kappa shape index (κ3) is 4.59. The van der Waals surface area contributed by atoms with E-state index in [2.05, 4.69) is 9.71 Å². The molecule has 0 saturated heterocycles. The molecule has 2 rings (SSSR count). The van der Waals surface area contributed by atoms with E-state index in [1.807, 2.05) is 6.92 Å². The number of halogens is 2. The number of carbonyl (C=O) groups is 1. The van der Waals surface area contributed by atoms with Crippen LogP contribution in [-0.2, 0) is 14.8 Å². The predicted molar refractivity (Wildman–Crippen MR) is 92.1 cm³/mol. The maximum atomic E-state index is 12.3. The number of benzene rings is 1. The molecule has 24 heavy (non-hydrogen) atoms. The number of carbonyl (C=O) groups excluding carboxylic acids is 1. The van der Waals surface area contributed by atoms with Gasteiger partial charge < -0.3 is 4.74 Å². The molecule has 0 saturated carbocycles. The van der Waals surface area contributed by atoms with Gasteiger partial charge in [-0.15, -0.1) is 0 Å². The second kappa shape index (κ2) is 7.83. The summed E-state index contributed by atoms with van der Waals surface area (Å²) in [7, 11) is -3.93. The Balaban J connectivity index is 2.17. The molecule has 1 aromatic heterocycles. The Labute approximate surface area is 149 Å². The number of hydrogen-bond donors (Lipinski definition) is 1. The monoisotopic (exact) mass is 388 g/mol. The van der Waals surface area contributed by atoms with E-state index < -0.39 is 16.0 Å². The number of sulfonamides is 1. The molecule has 6 nitrogen and oxygen atoms in total. The number of ether oxygens (including phenoxy) is 1. The summed E-state index contributed by atoms with van der Waals surface area (Å²) in [5, 5.41) is -0.136. The van der Waals surface area contributed by atoms with E-state index >= 15 is 0 Å². The highest BCUT2D eigenvalue weighted by atomic mass is 35.5. The van der Waals surface area contributed by atoms with Crippen molar-refractivity contribution in [1.29, 1.82) is 0 Å². The van der Waals surface area contributed by atoms with E-state index in [1.54, 1.807) is 0 Å². The first-order valence-corrected chi connectivity index (χ1v) is 9.19. The molecule has 9 heteroatoms. The highest BCUT2D eigenvalue weighted by molar-refractivity contribution is 7.92. The highest BCUT2D eigenvalue weighted by Gasteiger charge is 2.19. The van der Waals surface area contributed by atoms with Crippen LogP contribution in [0.5, 0.6) is 0 Å². The van der Waals surface area contributed by atoms with Crippen LogP contribution in [0, 0.1) is 0 Å². The van der Waals surface area contributed by atoms with Crippen molar-refractivity contribution in [3.05, 3.63) is 52.3 Å². The fourth-order valence-corrected chi connectivity index (χ4v) is 3.48. The Morgan fingerprint density at radius 3 is 2.42 bits per heavy atom. The summed E-state index contributed by atoms with van der Waals surface area (Å²) in [5.74, 6) is -0.462. The van der Waals surface area contributed by atoms with Gasteiger partial charge in [0.05, 0.1) is 12.2 Å². The number of nitrogens with zero attached hydrogens (tertiary/aromatic N) is 1. The van der Waals surface area contributed by atoms with Crippen molar-refractivity contribution >= 4 is 44.9 Å². The van der Waals surface area contributed by atoms with Gasteiger partial charge in [-0.3, -0.25) is 4.72 Å². The summed E-state index contributed by atoms with van der Waals surface area (Å²) in [6.07, 6.45) is 0.722. The normalized spacial score (nSPS) is 11.1. The average Bonchev–Trinajstić information content (AvgIpc) is 2.52. The molecule has 1 aromatic carbocycles. The van der Waals surface area contributed by atoms with Crippen LogP contribution in [0.3, 0.4) is 0 Å². The van der Waals surface area contributed by atoms with Crippen molar-refractivity contribution in [2.45, 2.75) is 18.2 Å². The summed E-state index contributed by atoms with van der Waals surface area (Å²) >= 11 is 11.5. The highest BCUT2D eigenvalue weighted by Crippen LogP contribution is 2.24. The standard InChI is InChI=1S/C15H14Cl2N2O4S/c1-2-9-23-15(20)10-3-5-11(6-4-10)19-24(21,22)12-7-8-13(16)18-14(12)17/h3-8,19H,2,9H2,1H3. The lowest BCUT2D eigenvalue weighted by Gasteiger charge is -2.10. The number of esters is 1. The van der Waals surface area contributed by atoms with Crippen LogP contribution >= 0.6 is 23.2 Å². The summed E-state index contributed by atoms with van der Waals surface area (Å²) in [6, 6.07) is 8.44. The summed E-state index contributed by atoms with van der Waals surface area (Å²) in [5.41, 5.74) is 0.602. The van der Waals surface area contributed by atoms with Crippen LogP contribution in [0.15, 0.2) is 41.3 Å². The second-order valence-electron chi connectivity index (χ2n) is 4.74. The van der Waals surface area contributed by atoms with E-state index in [-0.39, 0.29) is 20.9 Å². The zero-order valence-corrected chi connectivity index (χ0v) is 15.0. The largest absolute Gasteiger partial charge is 0.462 e. The van der Waals surface area contributed by atoms with Crippen molar-refractivity contribution < 1.29 is 17.9 Å². The molecule has 0 spiro atoms. The van der Waals surface area contributed by atoms with E-state index in [1.165, 1.54) is 36.4 Å². The van der Waals surface area contributed by atoms with Gasteiger partial charge in [-0.25, -0.2) is 18.2 Å². The summed E-state index contributed by atoms with van der Waals surface area (Å²) in [6.45, 7) is 2.22. The molecule has 0 bridgehead atoms. The van der Waals surface area contributed by atoms with Gasteiger partial charge in [-0.2, -0.15) is 0 Å². The number of pyridine rings is 1. The smallest absolute Gasteiger partial charge is 0.338 e. The van der Waals surface area contributed by atoms with Crippen LogP contribution in [0.2, 0.25) is 10.3 Å². The van der Waals surface area contributed by atoms with Crippen molar-refractivity contribution in [3.63, 3.8) is 0 Å². The van der Waals surface area contributed by atoms with Crippen LogP contribution in [-0.4, -0.2) is 26.0 Å².